The van der Waals surface area contributed by atoms with Crippen LogP contribution in [0.25, 0.3) is 0 Å². The highest BCUT2D eigenvalue weighted by atomic mass is 35.5. The number of carbonyl (C=O) groups excluding carboxylic acids is 1. The smallest absolute Gasteiger partial charge is 0.234 e. The van der Waals surface area contributed by atoms with Gasteiger partial charge in [-0.05, 0) is 50.1 Å². The van der Waals surface area contributed by atoms with E-state index in [9.17, 15) is 4.79 Å². The van der Waals surface area contributed by atoms with Gasteiger partial charge in [0.1, 0.15) is 0 Å². The lowest BCUT2D eigenvalue weighted by Gasteiger charge is -2.24. The van der Waals surface area contributed by atoms with Crippen LogP contribution in [0.5, 0.6) is 0 Å². The van der Waals surface area contributed by atoms with Crippen LogP contribution in [0.3, 0.4) is 0 Å². The highest BCUT2D eigenvalue weighted by Crippen LogP contribution is 2.27. The van der Waals surface area contributed by atoms with Crippen molar-refractivity contribution in [2.75, 3.05) is 5.32 Å². The molecule has 0 aliphatic carbocycles. The predicted molar refractivity (Wildman–Crippen MR) is 84.3 cm³/mol. The lowest BCUT2D eigenvalue weighted by Crippen LogP contribution is -2.34. The molecule has 3 heteroatoms. The van der Waals surface area contributed by atoms with E-state index in [1.807, 2.05) is 57.2 Å². The normalized spacial score (nSPS) is 11.2. The highest BCUT2D eigenvalue weighted by Gasteiger charge is 2.29. The third-order valence-electron chi connectivity index (χ3n) is 3.53. The first-order chi connectivity index (χ1) is 9.41. The van der Waals surface area contributed by atoms with Crippen molar-refractivity contribution < 1.29 is 4.79 Å². The molecule has 1 N–H and O–H groups in total. The lowest BCUT2D eigenvalue weighted by atomic mass is 9.83. The quantitative estimate of drug-likeness (QED) is 0.880. The van der Waals surface area contributed by atoms with Gasteiger partial charge in [-0.2, -0.15) is 0 Å². The molecular formula is C17H18ClNO. The third-order valence-corrected chi connectivity index (χ3v) is 3.78. The zero-order valence-electron chi connectivity index (χ0n) is 11.9. The summed E-state index contributed by atoms with van der Waals surface area (Å²) < 4.78 is 0. The molecule has 0 aliphatic heterocycles. The molecule has 20 heavy (non-hydrogen) atoms. The number of nitrogens with one attached hydrogen (secondary N) is 1. The molecule has 1 amide bonds. The van der Waals surface area contributed by atoms with Crippen LogP contribution in [-0.4, -0.2) is 5.91 Å². The van der Waals surface area contributed by atoms with E-state index in [4.69, 9.17) is 11.6 Å². The molecule has 0 fully saturated rings. The second kappa shape index (κ2) is 5.68. The Kier molecular flexibility index (Phi) is 4.15. The number of rotatable bonds is 3. The Bertz CT molecular complexity index is 617. The summed E-state index contributed by atoms with van der Waals surface area (Å²) in [7, 11) is 0. The number of hydrogen-bond donors (Lipinski definition) is 1. The second-order valence-corrected chi connectivity index (χ2v) is 5.84. The number of para-hydroxylation sites is 1. The molecule has 0 radical (unpaired) electrons. The van der Waals surface area contributed by atoms with Gasteiger partial charge in [0, 0.05) is 10.7 Å². The maximum atomic E-state index is 12.5. The summed E-state index contributed by atoms with van der Waals surface area (Å²) in [6, 6.07) is 15.1. The fraction of sp³-hybridized carbons (Fsp3) is 0.235. The van der Waals surface area contributed by atoms with Gasteiger partial charge >= 0.3 is 0 Å². The van der Waals surface area contributed by atoms with Crippen molar-refractivity contribution in [2.45, 2.75) is 26.2 Å². The molecule has 0 aliphatic rings. The number of amides is 1. The number of anilines is 1. The molecule has 0 bridgehead atoms. The van der Waals surface area contributed by atoms with Crippen molar-refractivity contribution in [3.05, 3.63) is 64.7 Å². The van der Waals surface area contributed by atoms with Gasteiger partial charge < -0.3 is 5.32 Å². The van der Waals surface area contributed by atoms with Crippen molar-refractivity contribution in [3.8, 4) is 0 Å². The van der Waals surface area contributed by atoms with E-state index >= 15 is 0 Å². The Balaban J connectivity index is 2.23. The summed E-state index contributed by atoms with van der Waals surface area (Å²) in [4.78, 5) is 12.5. The van der Waals surface area contributed by atoms with Gasteiger partial charge in [0.2, 0.25) is 5.91 Å². The van der Waals surface area contributed by atoms with Crippen LogP contribution in [0, 0.1) is 6.92 Å². The van der Waals surface area contributed by atoms with E-state index in [2.05, 4.69) is 5.32 Å². The number of aryl methyl sites for hydroxylation is 1. The van der Waals surface area contributed by atoms with Crippen molar-refractivity contribution >= 4 is 23.2 Å². The monoisotopic (exact) mass is 287 g/mol. The van der Waals surface area contributed by atoms with Gasteiger partial charge in [-0.25, -0.2) is 0 Å². The topological polar surface area (TPSA) is 29.1 Å². The summed E-state index contributed by atoms with van der Waals surface area (Å²) in [5.41, 5.74) is 2.22. The Morgan fingerprint density at radius 3 is 2.25 bits per heavy atom. The van der Waals surface area contributed by atoms with Crippen LogP contribution < -0.4 is 5.32 Å². The first-order valence-electron chi connectivity index (χ1n) is 6.54. The van der Waals surface area contributed by atoms with Crippen LogP contribution in [0.4, 0.5) is 5.69 Å². The van der Waals surface area contributed by atoms with Crippen molar-refractivity contribution in [1.29, 1.82) is 0 Å². The first kappa shape index (κ1) is 14.6. The van der Waals surface area contributed by atoms with Gasteiger partial charge in [-0.1, -0.05) is 41.9 Å². The Hall–Kier alpha value is -1.80. The van der Waals surface area contributed by atoms with E-state index < -0.39 is 5.41 Å². The largest absolute Gasteiger partial charge is 0.325 e. The predicted octanol–water partition coefficient (Wildman–Crippen LogP) is 4.56. The van der Waals surface area contributed by atoms with Crippen LogP contribution >= 0.6 is 11.6 Å². The number of halogens is 1. The van der Waals surface area contributed by atoms with Crippen molar-refractivity contribution in [3.63, 3.8) is 0 Å². The SMILES string of the molecule is Cc1ccccc1NC(=O)C(C)(C)c1ccc(Cl)cc1. The zero-order valence-corrected chi connectivity index (χ0v) is 12.7. The summed E-state index contributed by atoms with van der Waals surface area (Å²) in [6.07, 6.45) is 0. The fourth-order valence-corrected chi connectivity index (χ4v) is 2.12. The summed E-state index contributed by atoms with van der Waals surface area (Å²) in [6.45, 7) is 5.79. The molecule has 2 aromatic rings. The van der Waals surface area contributed by atoms with E-state index in [1.54, 1.807) is 12.1 Å². The van der Waals surface area contributed by atoms with Crippen LogP contribution in [0.2, 0.25) is 5.02 Å². The maximum absolute atomic E-state index is 12.5. The number of hydrogen-bond acceptors (Lipinski definition) is 1. The summed E-state index contributed by atoms with van der Waals surface area (Å²) in [5, 5.41) is 3.66. The average molecular weight is 288 g/mol. The summed E-state index contributed by atoms with van der Waals surface area (Å²) >= 11 is 5.89. The number of benzene rings is 2. The molecule has 0 unspecified atom stereocenters. The van der Waals surface area contributed by atoms with Gasteiger partial charge in [0.25, 0.3) is 0 Å². The molecule has 0 aromatic heterocycles. The van der Waals surface area contributed by atoms with E-state index in [0.29, 0.717) is 5.02 Å². The van der Waals surface area contributed by atoms with E-state index in [1.165, 1.54) is 0 Å². The first-order valence-corrected chi connectivity index (χ1v) is 6.92. The van der Waals surface area contributed by atoms with Gasteiger partial charge in [-0.3, -0.25) is 4.79 Å². The minimum atomic E-state index is -0.618. The van der Waals surface area contributed by atoms with Crippen molar-refractivity contribution in [2.24, 2.45) is 0 Å². The molecule has 0 saturated heterocycles. The molecule has 2 aromatic carbocycles. The minimum Gasteiger partial charge on any atom is -0.325 e. The molecule has 0 atom stereocenters. The van der Waals surface area contributed by atoms with Crippen molar-refractivity contribution in [1.82, 2.24) is 0 Å². The fourth-order valence-electron chi connectivity index (χ4n) is 1.99. The molecule has 0 saturated carbocycles. The average Bonchev–Trinajstić information content (AvgIpc) is 2.41. The van der Waals surface area contributed by atoms with Gasteiger partial charge in [0.15, 0.2) is 0 Å². The van der Waals surface area contributed by atoms with Gasteiger partial charge in [-0.15, -0.1) is 0 Å². The van der Waals surface area contributed by atoms with E-state index in [0.717, 1.165) is 16.8 Å². The number of carbonyl (C=O) groups is 1. The zero-order chi connectivity index (χ0) is 14.8. The Morgan fingerprint density at radius 2 is 1.65 bits per heavy atom. The lowest BCUT2D eigenvalue weighted by molar-refractivity contribution is -0.120. The van der Waals surface area contributed by atoms with Crippen LogP contribution in [0.1, 0.15) is 25.0 Å². The van der Waals surface area contributed by atoms with E-state index in [-0.39, 0.29) is 5.91 Å². The van der Waals surface area contributed by atoms with Crippen LogP contribution in [0.15, 0.2) is 48.5 Å². The summed E-state index contributed by atoms with van der Waals surface area (Å²) in [5.74, 6) is -0.0332. The molecule has 2 rings (SSSR count). The third kappa shape index (κ3) is 3.02. The molecule has 0 spiro atoms. The molecule has 0 heterocycles. The maximum Gasteiger partial charge on any atom is 0.234 e. The molecule has 104 valence electrons. The Labute approximate surface area is 124 Å². The molecule has 2 nitrogen and oxygen atoms in total. The Morgan fingerprint density at radius 1 is 1.05 bits per heavy atom. The standard InChI is InChI=1S/C17H18ClNO/c1-12-6-4-5-7-15(12)19-16(20)17(2,3)13-8-10-14(18)11-9-13/h4-11H,1-3H3,(H,19,20). The minimum absolute atomic E-state index is 0.0332. The highest BCUT2D eigenvalue weighted by molar-refractivity contribution is 6.30. The van der Waals surface area contributed by atoms with Gasteiger partial charge in [0.05, 0.1) is 5.41 Å². The van der Waals surface area contributed by atoms with Crippen LogP contribution in [-0.2, 0) is 10.2 Å². The molecular weight excluding hydrogens is 270 g/mol. The second-order valence-electron chi connectivity index (χ2n) is 5.40.